The van der Waals surface area contributed by atoms with Crippen molar-refractivity contribution in [3.8, 4) is 11.4 Å². The van der Waals surface area contributed by atoms with E-state index in [4.69, 9.17) is 0 Å². The van der Waals surface area contributed by atoms with E-state index < -0.39 is 0 Å². The molecule has 27 heavy (non-hydrogen) atoms. The number of carbonyl (C=O) groups is 1. The summed E-state index contributed by atoms with van der Waals surface area (Å²) in [5.74, 6) is 0.974. The second kappa shape index (κ2) is 7.56. The van der Waals surface area contributed by atoms with Gasteiger partial charge >= 0.3 is 0 Å². The Morgan fingerprint density at radius 3 is 2.67 bits per heavy atom. The molecule has 1 saturated heterocycles. The van der Waals surface area contributed by atoms with Crippen molar-refractivity contribution in [2.75, 3.05) is 11.4 Å². The SMILES string of the molecule is Cc1cccc(-c2nnc(SC3CCCN(c4ccccc4)C3=O)n2C)c1. The van der Waals surface area contributed by atoms with Crippen LogP contribution in [0.15, 0.2) is 59.8 Å². The molecule has 1 unspecified atom stereocenters. The average molecular weight is 379 g/mol. The standard InChI is InChI=1S/C21H22N4OS/c1-15-8-6-9-16(14-15)19-22-23-21(24(19)2)27-18-12-7-13-25(20(18)26)17-10-4-3-5-11-17/h3-6,8-11,14,18H,7,12-13H2,1-2H3. The van der Waals surface area contributed by atoms with Crippen LogP contribution >= 0.6 is 11.8 Å². The van der Waals surface area contributed by atoms with Gasteiger partial charge in [-0.3, -0.25) is 4.79 Å². The van der Waals surface area contributed by atoms with E-state index >= 15 is 0 Å². The Morgan fingerprint density at radius 2 is 1.89 bits per heavy atom. The van der Waals surface area contributed by atoms with Gasteiger partial charge in [0.2, 0.25) is 5.91 Å². The third-order valence-corrected chi connectivity index (χ3v) is 6.10. The first-order chi connectivity index (χ1) is 13.1. The van der Waals surface area contributed by atoms with Crippen LogP contribution < -0.4 is 4.90 Å². The van der Waals surface area contributed by atoms with Crippen LogP contribution in [-0.4, -0.2) is 32.5 Å². The number of carbonyl (C=O) groups excluding carboxylic acids is 1. The summed E-state index contributed by atoms with van der Waals surface area (Å²) in [7, 11) is 1.96. The van der Waals surface area contributed by atoms with E-state index in [9.17, 15) is 4.79 Å². The van der Waals surface area contributed by atoms with Crippen LogP contribution in [-0.2, 0) is 11.8 Å². The van der Waals surface area contributed by atoms with E-state index in [1.54, 1.807) is 0 Å². The maximum absolute atomic E-state index is 13.0. The molecule has 1 fully saturated rings. The second-order valence-corrected chi connectivity index (χ2v) is 7.98. The maximum atomic E-state index is 13.0. The lowest BCUT2D eigenvalue weighted by atomic mass is 10.1. The van der Waals surface area contributed by atoms with Crippen LogP contribution in [0, 0.1) is 6.92 Å². The lowest BCUT2D eigenvalue weighted by molar-refractivity contribution is -0.119. The fourth-order valence-electron chi connectivity index (χ4n) is 3.40. The minimum Gasteiger partial charge on any atom is -0.311 e. The molecule has 0 N–H and O–H groups in total. The van der Waals surface area contributed by atoms with Crippen LogP contribution in [0.25, 0.3) is 11.4 Å². The molecule has 5 nitrogen and oxygen atoms in total. The number of hydrogen-bond acceptors (Lipinski definition) is 4. The summed E-state index contributed by atoms with van der Waals surface area (Å²) >= 11 is 1.52. The van der Waals surface area contributed by atoms with Gasteiger partial charge in [0.1, 0.15) is 0 Å². The van der Waals surface area contributed by atoms with Gasteiger partial charge in [0.15, 0.2) is 11.0 Å². The van der Waals surface area contributed by atoms with E-state index in [2.05, 4.69) is 29.3 Å². The molecule has 3 aromatic rings. The van der Waals surface area contributed by atoms with Gasteiger partial charge in [-0.2, -0.15) is 0 Å². The minimum atomic E-state index is -0.132. The van der Waals surface area contributed by atoms with E-state index in [-0.39, 0.29) is 11.2 Å². The Morgan fingerprint density at radius 1 is 1.07 bits per heavy atom. The molecular weight excluding hydrogens is 356 g/mol. The van der Waals surface area contributed by atoms with Crippen LogP contribution in [0.5, 0.6) is 0 Å². The topological polar surface area (TPSA) is 51.0 Å². The first kappa shape index (κ1) is 17.8. The highest BCUT2D eigenvalue weighted by Gasteiger charge is 2.31. The Balaban J connectivity index is 1.55. The number of aryl methyl sites for hydroxylation is 1. The van der Waals surface area contributed by atoms with Crippen molar-refractivity contribution in [2.24, 2.45) is 7.05 Å². The van der Waals surface area contributed by atoms with Crippen LogP contribution in [0.4, 0.5) is 5.69 Å². The molecule has 138 valence electrons. The number of anilines is 1. The number of hydrogen-bond donors (Lipinski definition) is 0. The van der Waals surface area contributed by atoms with E-state index in [1.165, 1.54) is 17.3 Å². The molecule has 0 radical (unpaired) electrons. The van der Waals surface area contributed by atoms with Crippen molar-refractivity contribution < 1.29 is 4.79 Å². The Kier molecular flexibility index (Phi) is 4.99. The number of rotatable bonds is 4. The number of nitrogens with zero attached hydrogens (tertiary/aromatic N) is 4. The third-order valence-electron chi connectivity index (χ3n) is 4.82. The summed E-state index contributed by atoms with van der Waals surface area (Å²) in [6, 6.07) is 18.1. The van der Waals surface area contributed by atoms with Crippen molar-refractivity contribution in [3.63, 3.8) is 0 Å². The quantitative estimate of drug-likeness (QED) is 0.686. The predicted octanol–water partition coefficient (Wildman–Crippen LogP) is 4.08. The smallest absolute Gasteiger partial charge is 0.240 e. The first-order valence-corrected chi connectivity index (χ1v) is 10.0. The highest BCUT2D eigenvalue weighted by atomic mass is 32.2. The molecule has 1 atom stereocenters. The van der Waals surface area contributed by atoms with Crippen LogP contribution in [0.1, 0.15) is 18.4 Å². The summed E-state index contributed by atoms with van der Waals surface area (Å²) in [4.78, 5) is 14.9. The number of para-hydroxylation sites is 1. The minimum absolute atomic E-state index is 0.132. The van der Waals surface area contributed by atoms with Gasteiger partial charge in [-0.25, -0.2) is 0 Å². The summed E-state index contributed by atoms with van der Waals surface area (Å²) in [6.07, 6.45) is 1.85. The lowest BCUT2D eigenvalue weighted by Crippen LogP contribution is -2.43. The van der Waals surface area contributed by atoms with Crippen molar-refractivity contribution in [3.05, 3.63) is 60.2 Å². The summed E-state index contributed by atoms with van der Waals surface area (Å²) in [5.41, 5.74) is 3.19. The normalized spacial score (nSPS) is 17.3. The van der Waals surface area contributed by atoms with Gasteiger partial charge in [0, 0.05) is 24.8 Å². The molecule has 1 amide bonds. The fourth-order valence-corrected chi connectivity index (χ4v) is 4.50. The zero-order chi connectivity index (χ0) is 18.8. The van der Waals surface area contributed by atoms with Crippen molar-refractivity contribution in [2.45, 2.75) is 30.2 Å². The number of piperidine rings is 1. The number of benzene rings is 2. The van der Waals surface area contributed by atoms with Gasteiger partial charge in [-0.15, -0.1) is 10.2 Å². The maximum Gasteiger partial charge on any atom is 0.240 e. The molecule has 4 rings (SSSR count). The number of amides is 1. The van der Waals surface area contributed by atoms with E-state index in [0.29, 0.717) is 0 Å². The zero-order valence-electron chi connectivity index (χ0n) is 15.5. The average Bonchev–Trinajstić information content (AvgIpc) is 3.04. The molecular formula is C21H22N4OS. The first-order valence-electron chi connectivity index (χ1n) is 9.13. The van der Waals surface area contributed by atoms with Gasteiger partial charge in [-0.1, -0.05) is 53.7 Å². The molecule has 0 aliphatic carbocycles. The molecule has 2 heterocycles. The van der Waals surface area contributed by atoms with Gasteiger partial charge < -0.3 is 9.47 Å². The Hall–Kier alpha value is -2.60. The highest BCUT2D eigenvalue weighted by Crippen LogP contribution is 2.32. The van der Waals surface area contributed by atoms with Crippen molar-refractivity contribution in [1.82, 2.24) is 14.8 Å². The van der Waals surface area contributed by atoms with Crippen molar-refractivity contribution in [1.29, 1.82) is 0 Å². The third kappa shape index (κ3) is 3.62. The van der Waals surface area contributed by atoms with Gasteiger partial charge in [0.25, 0.3) is 0 Å². The number of thioether (sulfide) groups is 1. The van der Waals surface area contributed by atoms with E-state index in [0.717, 1.165) is 41.6 Å². The van der Waals surface area contributed by atoms with Crippen molar-refractivity contribution >= 4 is 23.4 Å². The summed E-state index contributed by atoms with van der Waals surface area (Å²) in [5, 5.41) is 9.36. The zero-order valence-corrected chi connectivity index (χ0v) is 16.3. The molecule has 6 heteroatoms. The monoisotopic (exact) mass is 378 g/mol. The highest BCUT2D eigenvalue weighted by molar-refractivity contribution is 8.00. The summed E-state index contributed by atoms with van der Waals surface area (Å²) < 4.78 is 1.98. The molecule has 0 bridgehead atoms. The Labute approximate surface area is 163 Å². The van der Waals surface area contributed by atoms with E-state index in [1.807, 2.05) is 59.0 Å². The molecule has 0 spiro atoms. The fraction of sp³-hybridized carbons (Fsp3) is 0.286. The molecule has 2 aromatic carbocycles. The predicted molar refractivity (Wildman–Crippen MR) is 109 cm³/mol. The van der Waals surface area contributed by atoms with Gasteiger partial charge in [0.05, 0.1) is 5.25 Å². The van der Waals surface area contributed by atoms with Crippen LogP contribution in [0.3, 0.4) is 0 Å². The molecule has 1 aromatic heterocycles. The lowest BCUT2D eigenvalue weighted by Gasteiger charge is -2.31. The van der Waals surface area contributed by atoms with Gasteiger partial charge in [-0.05, 0) is 38.0 Å². The largest absolute Gasteiger partial charge is 0.311 e. The van der Waals surface area contributed by atoms with Crippen LogP contribution in [0.2, 0.25) is 0 Å². The molecule has 0 saturated carbocycles. The summed E-state index contributed by atoms with van der Waals surface area (Å²) in [6.45, 7) is 2.83. The molecule has 1 aliphatic heterocycles. The Bertz CT molecular complexity index is 954. The number of aromatic nitrogens is 3. The second-order valence-electron chi connectivity index (χ2n) is 6.81. The molecule has 1 aliphatic rings.